The van der Waals surface area contributed by atoms with Crippen LogP contribution in [0.4, 0.5) is 4.39 Å². The number of aromatic nitrogens is 2. The fourth-order valence-electron chi connectivity index (χ4n) is 4.40. The number of hydrogen-bond acceptors (Lipinski definition) is 5. The number of ketones is 1. The van der Waals surface area contributed by atoms with E-state index in [9.17, 15) is 17.6 Å². The highest BCUT2D eigenvalue weighted by Crippen LogP contribution is 2.48. The Balaban J connectivity index is 1.49. The lowest BCUT2D eigenvalue weighted by atomic mass is 9.70. The Morgan fingerprint density at radius 3 is 2.42 bits per heavy atom. The Morgan fingerprint density at radius 2 is 1.85 bits per heavy atom. The SMILES string of the molecule is COc1nn(-c2ccc(C)cc2)cc1CCC(=O)C1CCC1(C)S(=O)(=O)c1ccc(F)cc1. The number of rotatable bonds is 8. The van der Waals surface area contributed by atoms with Gasteiger partial charge in [-0.1, -0.05) is 17.7 Å². The largest absolute Gasteiger partial charge is 0.480 e. The van der Waals surface area contributed by atoms with Gasteiger partial charge in [-0.2, -0.15) is 0 Å². The van der Waals surface area contributed by atoms with Crippen LogP contribution >= 0.6 is 0 Å². The fraction of sp³-hybridized carbons (Fsp3) is 0.360. The Labute approximate surface area is 193 Å². The first-order valence-electron chi connectivity index (χ1n) is 10.9. The number of aryl methyl sites for hydroxylation is 2. The van der Waals surface area contributed by atoms with Crippen LogP contribution in [-0.2, 0) is 21.1 Å². The zero-order valence-electron chi connectivity index (χ0n) is 18.9. The van der Waals surface area contributed by atoms with Gasteiger partial charge in [0.05, 0.1) is 22.4 Å². The van der Waals surface area contributed by atoms with Crippen molar-refractivity contribution in [1.29, 1.82) is 0 Å². The summed E-state index contributed by atoms with van der Waals surface area (Å²) in [7, 11) is -2.24. The average Bonchev–Trinajstić information content (AvgIpc) is 3.20. The van der Waals surface area contributed by atoms with Crippen molar-refractivity contribution in [3.8, 4) is 11.6 Å². The number of Topliss-reactive ketones (excluding diaryl/α,β-unsaturated/α-hetero) is 1. The monoisotopic (exact) mass is 470 g/mol. The number of carbonyl (C=O) groups is 1. The number of benzene rings is 2. The maximum Gasteiger partial charge on any atom is 0.236 e. The van der Waals surface area contributed by atoms with E-state index < -0.39 is 26.3 Å². The molecular formula is C25H27FN2O4S. The van der Waals surface area contributed by atoms with Gasteiger partial charge in [-0.3, -0.25) is 4.79 Å². The second-order valence-electron chi connectivity index (χ2n) is 8.77. The Kier molecular flexibility index (Phi) is 6.14. The predicted molar refractivity (Wildman–Crippen MR) is 123 cm³/mol. The van der Waals surface area contributed by atoms with Crippen LogP contribution < -0.4 is 4.74 Å². The predicted octanol–water partition coefficient (Wildman–Crippen LogP) is 4.47. The summed E-state index contributed by atoms with van der Waals surface area (Å²) in [6, 6.07) is 12.7. The molecule has 4 rings (SSSR count). The van der Waals surface area contributed by atoms with E-state index in [1.807, 2.05) is 37.4 Å². The molecule has 0 N–H and O–H groups in total. The molecule has 1 heterocycles. The Hall–Kier alpha value is -3.00. The normalized spacial score (nSPS) is 20.3. The van der Waals surface area contributed by atoms with Crippen molar-refractivity contribution in [2.45, 2.75) is 49.2 Å². The van der Waals surface area contributed by atoms with E-state index in [4.69, 9.17) is 4.74 Å². The molecule has 3 aromatic rings. The minimum atomic E-state index is -3.77. The summed E-state index contributed by atoms with van der Waals surface area (Å²) in [5, 5.41) is 4.46. The number of ether oxygens (including phenoxy) is 1. The third kappa shape index (κ3) is 4.19. The first-order chi connectivity index (χ1) is 15.7. The maximum atomic E-state index is 13.3. The highest BCUT2D eigenvalue weighted by atomic mass is 32.2. The molecule has 1 aliphatic rings. The van der Waals surface area contributed by atoms with Crippen molar-refractivity contribution in [2.24, 2.45) is 5.92 Å². The van der Waals surface area contributed by atoms with Crippen LogP contribution in [0.3, 0.4) is 0 Å². The minimum Gasteiger partial charge on any atom is -0.480 e. The molecule has 0 aliphatic heterocycles. The molecule has 1 aromatic heterocycles. The molecule has 1 fully saturated rings. The van der Waals surface area contributed by atoms with Gasteiger partial charge in [-0.25, -0.2) is 17.5 Å². The molecule has 174 valence electrons. The van der Waals surface area contributed by atoms with Gasteiger partial charge in [-0.15, -0.1) is 5.10 Å². The van der Waals surface area contributed by atoms with Crippen molar-refractivity contribution in [3.63, 3.8) is 0 Å². The number of carbonyl (C=O) groups excluding carboxylic acids is 1. The number of halogens is 1. The minimum absolute atomic E-state index is 0.0462. The molecule has 0 bridgehead atoms. The van der Waals surface area contributed by atoms with Gasteiger partial charge in [0.2, 0.25) is 5.88 Å². The first-order valence-corrected chi connectivity index (χ1v) is 12.4. The van der Waals surface area contributed by atoms with Crippen molar-refractivity contribution >= 4 is 15.6 Å². The molecule has 2 aromatic carbocycles. The number of nitrogens with zero attached hydrogens (tertiary/aromatic N) is 2. The van der Waals surface area contributed by atoms with Gasteiger partial charge < -0.3 is 4.74 Å². The summed E-state index contributed by atoms with van der Waals surface area (Å²) in [4.78, 5) is 13.1. The van der Waals surface area contributed by atoms with Gasteiger partial charge in [0, 0.05) is 24.1 Å². The van der Waals surface area contributed by atoms with Crippen LogP contribution in [0.25, 0.3) is 5.69 Å². The van der Waals surface area contributed by atoms with E-state index in [1.165, 1.54) is 19.2 Å². The lowest BCUT2D eigenvalue weighted by Crippen LogP contribution is -2.54. The smallest absolute Gasteiger partial charge is 0.236 e. The zero-order valence-corrected chi connectivity index (χ0v) is 19.7. The van der Waals surface area contributed by atoms with Crippen LogP contribution in [0.1, 0.15) is 37.3 Å². The molecule has 0 radical (unpaired) electrons. The van der Waals surface area contributed by atoms with Crippen molar-refractivity contribution in [2.75, 3.05) is 7.11 Å². The quantitative estimate of drug-likeness (QED) is 0.454. The third-order valence-corrected chi connectivity index (χ3v) is 9.29. The fourth-order valence-corrected chi connectivity index (χ4v) is 6.44. The van der Waals surface area contributed by atoms with E-state index in [0.29, 0.717) is 25.1 Å². The average molecular weight is 471 g/mol. The Bertz CT molecular complexity index is 1270. The molecule has 0 amide bonds. The van der Waals surface area contributed by atoms with Gasteiger partial charge in [0.25, 0.3) is 0 Å². The second kappa shape index (κ2) is 8.74. The van der Waals surface area contributed by atoms with Crippen molar-refractivity contribution < 1.29 is 22.3 Å². The molecule has 0 spiro atoms. The second-order valence-corrected chi connectivity index (χ2v) is 11.2. The van der Waals surface area contributed by atoms with Crippen LogP contribution in [-0.4, -0.2) is 35.8 Å². The van der Waals surface area contributed by atoms with Crippen LogP contribution in [0, 0.1) is 18.7 Å². The summed E-state index contributed by atoms with van der Waals surface area (Å²) in [5.74, 6) is -0.746. The number of hydrogen-bond donors (Lipinski definition) is 0. The van der Waals surface area contributed by atoms with Crippen LogP contribution in [0.2, 0.25) is 0 Å². The maximum absolute atomic E-state index is 13.3. The summed E-state index contributed by atoms with van der Waals surface area (Å²) < 4.78 is 45.6. The van der Waals surface area contributed by atoms with E-state index >= 15 is 0 Å². The summed E-state index contributed by atoms with van der Waals surface area (Å²) in [6.07, 6.45) is 3.35. The summed E-state index contributed by atoms with van der Waals surface area (Å²) in [6.45, 7) is 3.63. The van der Waals surface area contributed by atoms with Gasteiger partial charge in [-0.05, 0) is 69.5 Å². The lowest BCUT2D eigenvalue weighted by molar-refractivity contribution is -0.126. The first kappa shape index (κ1) is 23.2. The molecule has 2 unspecified atom stereocenters. The van der Waals surface area contributed by atoms with E-state index in [1.54, 1.807) is 11.6 Å². The third-order valence-electron chi connectivity index (χ3n) is 6.68. The summed E-state index contributed by atoms with van der Waals surface area (Å²) in [5.41, 5.74) is 2.81. The van der Waals surface area contributed by atoms with E-state index in [0.717, 1.165) is 28.9 Å². The Morgan fingerprint density at radius 1 is 1.18 bits per heavy atom. The molecule has 0 saturated heterocycles. The topological polar surface area (TPSA) is 78.3 Å². The van der Waals surface area contributed by atoms with Gasteiger partial charge >= 0.3 is 0 Å². The number of methoxy groups -OCH3 is 1. The molecule has 2 atom stereocenters. The van der Waals surface area contributed by atoms with Crippen molar-refractivity contribution in [1.82, 2.24) is 9.78 Å². The van der Waals surface area contributed by atoms with Crippen LogP contribution in [0.5, 0.6) is 5.88 Å². The molecule has 8 heteroatoms. The standard InChI is InChI=1S/C25H27FN2O4S/c1-17-4-9-20(10-5-17)28-16-18(24(27-28)32-3)6-13-23(29)22-14-15-25(22,2)33(30,31)21-11-7-19(26)8-12-21/h4-5,7-12,16,22H,6,13-15H2,1-3H3. The van der Waals surface area contributed by atoms with E-state index in [-0.39, 0.29) is 17.1 Å². The van der Waals surface area contributed by atoms with E-state index in [2.05, 4.69) is 5.10 Å². The lowest BCUT2D eigenvalue weighted by Gasteiger charge is -2.45. The van der Waals surface area contributed by atoms with Crippen molar-refractivity contribution in [3.05, 3.63) is 71.7 Å². The van der Waals surface area contributed by atoms with Gasteiger partial charge in [0.15, 0.2) is 9.84 Å². The zero-order chi connectivity index (χ0) is 23.8. The van der Waals surface area contributed by atoms with Crippen LogP contribution in [0.15, 0.2) is 59.6 Å². The molecule has 1 saturated carbocycles. The summed E-state index contributed by atoms with van der Waals surface area (Å²) >= 11 is 0. The highest BCUT2D eigenvalue weighted by molar-refractivity contribution is 7.93. The molecule has 33 heavy (non-hydrogen) atoms. The molecule has 1 aliphatic carbocycles. The highest BCUT2D eigenvalue weighted by Gasteiger charge is 2.55. The van der Waals surface area contributed by atoms with Gasteiger partial charge in [0.1, 0.15) is 11.6 Å². The molecule has 6 nitrogen and oxygen atoms in total. The molecular weight excluding hydrogens is 443 g/mol. The number of sulfone groups is 1.